The van der Waals surface area contributed by atoms with Gasteiger partial charge in [-0.2, -0.15) is 0 Å². The zero-order chi connectivity index (χ0) is 31.3. The second kappa shape index (κ2) is 11.3. The number of aromatic nitrogens is 1. The molecule has 0 unspecified atom stereocenters. The van der Waals surface area contributed by atoms with Crippen molar-refractivity contribution in [3.8, 4) is 22.4 Å². The minimum atomic E-state index is 0.935. The quantitative estimate of drug-likeness (QED) is 0.186. The van der Waals surface area contributed by atoms with Gasteiger partial charge >= 0.3 is 0 Å². The summed E-state index contributed by atoms with van der Waals surface area (Å²) in [6.45, 7) is 0. The number of fused-ring (bicyclic) bond motifs is 4. The van der Waals surface area contributed by atoms with Gasteiger partial charge in [-0.25, -0.2) is 4.98 Å². The second-order valence-corrected chi connectivity index (χ2v) is 12.7. The van der Waals surface area contributed by atoms with Crippen molar-refractivity contribution in [3.05, 3.63) is 174 Å². The Balaban J connectivity index is 1.35. The lowest BCUT2D eigenvalue weighted by Gasteiger charge is -2.40. The summed E-state index contributed by atoms with van der Waals surface area (Å²) in [5.41, 5.74) is 11.9. The number of pyridine rings is 1. The van der Waals surface area contributed by atoms with Gasteiger partial charge in [0.1, 0.15) is 0 Å². The van der Waals surface area contributed by atoms with E-state index >= 15 is 0 Å². The van der Waals surface area contributed by atoms with E-state index < -0.39 is 0 Å². The molecule has 2 heterocycles. The monoisotopic (exact) mass is 665 g/mol. The van der Waals surface area contributed by atoms with E-state index in [0.717, 1.165) is 66.3 Å². The van der Waals surface area contributed by atoms with E-state index in [1.807, 2.05) is 0 Å². The Kier molecular flexibility index (Phi) is 6.61. The molecule has 0 radical (unpaired) electrons. The Labute approximate surface area is 282 Å². The SMILES string of the molecule is Brc1ccc(-c2cc(-c3cccc4ccccc34)c3cccc(N4c5ccccc5N(c5ccccc5)c5ccccc54)c3n2)cc1. The van der Waals surface area contributed by atoms with Crippen LogP contribution in [0.3, 0.4) is 0 Å². The molecule has 222 valence electrons. The van der Waals surface area contributed by atoms with Crippen LogP contribution in [0.25, 0.3) is 44.1 Å². The first kappa shape index (κ1) is 27.6. The topological polar surface area (TPSA) is 19.4 Å². The fraction of sp³-hybridized carbons (Fsp3) is 0. The van der Waals surface area contributed by atoms with Gasteiger partial charge in [0.05, 0.1) is 39.6 Å². The molecule has 0 saturated heterocycles. The van der Waals surface area contributed by atoms with E-state index in [9.17, 15) is 0 Å². The van der Waals surface area contributed by atoms with Crippen molar-refractivity contribution >= 4 is 71.7 Å². The molecule has 4 heteroatoms. The predicted octanol–water partition coefficient (Wildman–Crippen LogP) is 12.7. The molecular formula is C43H28BrN3. The summed E-state index contributed by atoms with van der Waals surface area (Å²) in [4.78, 5) is 10.2. The van der Waals surface area contributed by atoms with Crippen LogP contribution in [0.2, 0.25) is 0 Å². The maximum atomic E-state index is 5.47. The van der Waals surface area contributed by atoms with Gasteiger partial charge in [0.15, 0.2) is 0 Å². The highest BCUT2D eigenvalue weighted by molar-refractivity contribution is 9.10. The second-order valence-electron chi connectivity index (χ2n) is 11.7. The summed E-state index contributed by atoms with van der Waals surface area (Å²) in [5, 5.41) is 3.55. The van der Waals surface area contributed by atoms with Crippen LogP contribution >= 0.6 is 15.9 Å². The van der Waals surface area contributed by atoms with E-state index in [4.69, 9.17) is 4.98 Å². The maximum Gasteiger partial charge on any atom is 0.0956 e. The fourth-order valence-electron chi connectivity index (χ4n) is 6.92. The van der Waals surface area contributed by atoms with Crippen LogP contribution in [0.5, 0.6) is 0 Å². The van der Waals surface area contributed by atoms with Crippen LogP contribution in [-0.4, -0.2) is 4.98 Å². The number of benzene rings is 7. The number of anilines is 6. The Bertz CT molecular complexity index is 2380. The highest BCUT2D eigenvalue weighted by Gasteiger charge is 2.31. The summed E-state index contributed by atoms with van der Waals surface area (Å²) in [6, 6.07) is 60.4. The first-order chi connectivity index (χ1) is 23.2. The largest absolute Gasteiger partial charge is 0.306 e. The number of para-hydroxylation sites is 6. The molecule has 1 aliphatic heterocycles. The van der Waals surface area contributed by atoms with Crippen molar-refractivity contribution in [2.75, 3.05) is 9.80 Å². The predicted molar refractivity (Wildman–Crippen MR) is 201 cm³/mol. The van der Waals surface area contributed by atoms with Crippen LogP contribution in [0.4, 0.5) is 34.1 Å². The zero-order valence-electron chi connectivity index (χ0n) is 25.4. The molecule has 1 aliphatic rings. The molecule has 8 aromatic rings. The van der Waals surface area contributed by atoms with Gasteiger partial charge in [0, 0.05) is 21.1 Å². The van der Waals surface area contributed by atoms with E-state index in [0.29, 0.717) is 0 Å². The van der Waals surface area contributed by atoms with Crippen LogP contribution in [0, 0.1) is 0 Å². The molecule has 0 amide bonds. The molecular weight excluding hydrogens is 638 g/mol. The van der Waals surface area contributed by atoms with Crippen molar-refractivity contribution in [1.82, 2.24) is 4.98 Å². The standard InChI is InChI=1S/C43H28BrN3/c44-31-26-24-30(25-27-31)37-28-36(34-17-10-13-29-12-4-5-16-33(29)34)35-18-11-23-42(43(35)45-37)47-40-21-8-6-19-38(40)46(32-14-2-1-3-15-32)39-20-7-9-22-41(39)47/h1-28H. The van der Waals surface area contributed by atoms with Crippen LogP contribution in [0.15, 0.2) is 174 Å². The first-order valence-electron chi connectivity index (χ1n) is 15.8. The van der Waals surface area contributed by atoms with Crippen LogP contribution < -0.4 is 9.80 Å². The van der Waals surface area contributed by atoms with Crippen molar-refractivity contribution < 1.29 is 0 Å². The van der Waals surface area contributed by atoms with E-state index in [1.54, 1.807) is 0 Å². The Hall–Kier alpha value is -5.71. The normalized spacial score (nSPS) is 12.3. The Morgan fingerprint density at radius 2 is 0.979 bits per heavy atom. The molecule has 3 nitrogen and oxygen atoms in total. The lowest BCUT2D eigenvalue weighted by molar-refractivity contribution is 1.17. The third-order valence-corrected chi connectivity index (χ3v) is 9.55. The summed E-state index contributed by atoms with van der Waals surface area (Å²) >= 11 is 3.62. The van der Waals surface area contributed by atoms with Gasteiger partial charge < -0.3 is 9.80 Å². The molecule has 0 spiro atoms. The van der Waals surface area contributed by atoms with Gasteiger partial charge in [-0.1, -0.05) is 125 Å². The van der Waals surface area contributed by atoms with Gasteiger partial charge in [0.25, 0.3) is 0 Å². The van der Waals surface area contributed by atoms with Gasteiger partial charge in [-0.3, -0.25) is 0 Å². The smallest absolute Gasteiger partial charge is 0.0956 e. The fourth-order valence-corrected chi connectivity index (χ4v) is 7.19. The van der Waals surface area contributed by atoms with Gasteiger partial charge in [0.2, 0.25) is 0 Å². The van der Waals surface area contributed by atoms with Crippen molar-refractivity contribution in [2.45, 2.75) is 0 Å². The molecule has 0 N–H and O–H groups in total. The molecule has 9 rings (SSSR count). The van der Waals surface area contributed by atoms with Crippen molar-refractivity contribution in [2.24, 2.45) is 0 Å². The Morgan fingerprint density at radius 3 is 1.70 bits per heavy atom. The van der Waals surface area contributed by atoms with Gasteiger partial charge in [-0.05, 0) is 82.6 Å². The molecule has 0 aliphatic carbocycles. The average molecular weight is 667 g/mol. The maximum absolute atomic E-state index is 5.47. The molecule has 0 atom stereocenters. The number of rotatable bonds is 4. The third-order valence-electron chi connectivity index (χ3n) is 9.02. The molecule has 1 aromatic heterocycles. The van der Waals surface area contributed by atoms with E-state index in [-0.39, 0.29) is 0 Å². The molecule has 7 aromatic carbocycles. The van der Waals surface area contributed by atoms with Crippen LogP contribution in [0.1, 0.15) is 0 Å². The van der Waals surface area contributed by atoms with Crippen molar-refractivity contribution in [1.29, 1.82) is 0 Å². The number of hydrogen-bond acceptors (Lipinski definition) is 3. The molecule has 0 bridgehead atoms. The number of halogens is 1. The third kappa shape index (κ3) is 4.60. The highest BCUT2D eigenvalue weighted by Crippen LogP contribution is 2.55. The lowest BCUT2D eigenvalue weighted by atomic mass is 9.93. The molecule has 0 saturated carbocycles. The van der Waals surface area contributed by atoms with Crippen LogP contribution in [-0.2, 0) is 0 Å². The van der Waals surface area contributed by atoms with E-state index in [1.165, 1.54) is 16.3 Å². The lowest BCUT2D eigenvalue weighted by Crippen LogP contribution is -2.24. The zero-order valence-corrected chi connectivity index (χ0v) is 27.0. The van der Waals surface area contributed by atoms with Gasteiger partial charge in [-0.15, -0.1) is 0 Å². The van der Waals surface area contributed by atoms with E-state index in [2.05, 4.69) is 196 Å². The Morgan fingerprint density at radius 1 is 0.426 bits per heavy atom. The highest BCUT2D eigenvalue weighted by atomic mass is 79.9. The minimum absolute atomic E-state index is 0.935. The number of hydrogen-bond donors (Lipinski definition) is 0. The number of nitrogens with zero attached hydrogens (tertiary/aromatic N) is 3. The summed E-state index contributed by atoms with van der Waals surface area (Å²) in [5.74, 6) is 0. The summed E-state index contributed by atoms with van der Waals surface area (Å²) in [7, 11) is 0. The molecule has 47 heavy (non-hydrogen) atoms. The minimum Gasteiger partial charge on any atom is -0.306 e. The summed E-state index contributed by atoms with van der Waals surface area (Å²) < 4.78 is 1.04. The summed E-state index contributed by atoms with van der Waals surface area (Å²) in [6.07, 6.45) is 0. The molecule has 0 fully saturated rings. The average Bonchev–Trinajstić information content (AvgIpc) is 3.13. The first-order valence-corrected chi connectivity index (χ1v) is 16.6. The van der Waals surface area contributed by atoms with Crippen molar-refractivity contribution in [3.63, 3.8) is 0 Å².